The second-order valence-electron chi connectivity index (χ2n) is 3.81. The predicted octanol–water partition coefficient (Wildman–Crippen LogP) is 3.09. The Morgan fingerprint density at radius 3 is 2.67 bits per heavy atom. The molecule has 1 heterocycles. The van der Waals surface area contributed by atoms with E-state index < -0.39 is 0 Å². The fourth-order valence-corrected chi connectivity index (χ4v) is 1.79. The third-order valence-corrected chi connectivity index (χ3v) is 2.55. The molecule has 0 saturated carbocycles. The Hall–Kier alpha value is -2.29. The van der Waals surface area contributed by atoms with Gasteiger partial charge in [0.2, 0.25) is 0 Å². The minimum absolute atomic E-state index is 0.367. The zero-order valence-electron chi connectivity index (χ0n) is 10.0. The van der Waals surface area contributed by atoms with E-state index in [-0.39, 0.29) is 5.63 Å². The molecule has 2 aromatic rings. The van der Waals surface area contributed by atoms with Crippen molar-refractivity contribution in [3.05, 3.63) is 65.6 Å². The molecule has 0 spiro atoms. The Morgan fingerprint density at radius 1 is 1.17 bits per heavy atom. The molecule has 1 aromatic heterocycles. The molecule has 0 unspecified atom stereocenters. The van der Waals surface area contributed by atoms with Crippen molar-refractivity contribution in [2.75, 3.05) is 6.61 Å². The van der Waals surface area contributed by atoms with Crippen LogP contribution in [0.4, 0.5) is 0 Å². The minimum atomic E-state index is -0.367. The van der Waals surface area contributed by atoms with Crippen molar-refractivity contribution in [3.8, 4) is 5.75 Å². The van der Waals surface area contributed by atoms with Crippen LogP contribution in [0.15, 0.2) is 58.8 Å². The lowest BCUT2D eigenvalue weighted by atomic mass is 10.1. The van der Waals surface area contributed by atoms with Gasteiger partial charge in [-0.2, -0.15) is 0 Å². The molecule has 1 aromatic carbocycles. The molecule has 0 radical (unpaired) electrons. The van der Waals surface area contributed by atoms with Gasteiger partial charge in [-0.3, -0.25) is 0 Å². The molecule has 0 atom stereocenters. The summed E-state index contributed by atoms with van der Waals surface area (Å²) in [6.07, 6.45) is 4.00. The summed E-state index contributed by atoms with van der Waals surface area (Å²) in [5.74, 6) is 0.691. The molecule has 0 N–H and O–H groups in total. The van der Waals surface area contributed by atoms with Crippen LogP contribution >= 0.6 is 0 Å². The van der Waals surface area contributed by atoms with Gasteiger partial charge in [0.1, 0.15) is 17.9 Å². The van der Waals surface area contributed by atoms with Gasteiger partial charge in [0, 0.05) is 17.0 Å². The SMILES string of the molecule is C=CCOc1ccc2ccc(=O)oc2c1CC=C. The van der Waals surface area contributed by atoms with Gasteiger partial charge in [-0.25, -0.2) is 4.79 Å². The molecule has 3 nitrogen and oxygen atoms in total. The van der Waals surface area contributed by atoms with Crippen LogP contribution in [0.2, 0.25) is 0 Å². The molecule has 2 rings (SSSR count). The zero-order valence-corrected chi connectivity index (χ0v) is 10.0. The Bertz CT molecular complexity index is 638. The average Bonchev–Trinajstić information content (AvgIpc) is 2.38. The van der Waals surface area contributed by atoms with Gasteiger partial charge in [0.05, 0.1) is 0 Å². The molecule has 0 aliphatic carbocycles. The normalized spacial score (nSPS) is 10.2. The highest BCUT2D eigenvalue weighted by Gasteiger charge is 2.10. The van der Waals surface area contributed by atoms with Crippen LogP contribution < -0.4 is 10.4 Å². The van der Waals surface area contributed by atoms with E-state index in [1.807, 2.05) is 12.1 Å². The van der Waals surface area contributed by atoms with Gasteiger partial charge in [0.25, 0.3) is 0 Å². The van der Waals surface area contributed by atoms with Crippen molar-refractivity contribution in [2.45, 2.75) is 6.42 Å². The Labute approximate surface area is 105 Å². The summed E-state index contributed by atoms with van der Waals surface area (Å²) in [6.45, 7) is 7.73. The first kappa shape index (κ1) is 12.2. The fraction of sp³-hybridized carbons (Fsp3) is 0.133. The van der Waals surface area contributed by atoms with Crippen LogP contribution in [-0.4, -0.2) is 6.61 Å². The standard InChI is InChI=1S/C15H14O3/c1-3-5-12-13(17-10-4-2)8-6-11-7-9-14(16)18-15(11)12/h3-4,6-9H,1-2,5,10H2. The third-order valence-electron chi connectivity index (χ3n) is 2.55. The number of fused-ring (bicyclic) bond motifs is 1. The summed E-state index contributed by atoms with van der Waals surface area (Å²) in [6, 6.07) is 6.88. The molecule has 0 bridgehead atoms. The molecule has 0 aliphatic rings. The van der Waals surface area contributed by atoms with Crippen molar-refractivity contribution >= 4 is 11.0 Å². The first-order valence-corrected chi connectivity index (χ1v) is 5.66. The number of hydrogen-bond acceptors (Lipinski definition) is 3. The number of allylic oxidation sites excluding steroid dienone is 1. The van der Waals surface area contributed by atoms with Crippen molar-refractivity contribution in [3.63, 3.8) is 0 Å². The highest BCUT2D eigenvalue weighted by Crippen LogP contribution is 2.28. The first-order chi connectivity index (χ1) is 8.76. The lowest BCUT2D eigenvalue weighted by Gasteiger charge is -2.10. The molecule has 3 heteroatoms. The summed E-state index contributed by atoms with van der Waals surface area (Å²) in [7, 11) is 0. The summed E-state index contributed by atoms with van der Waals surface area (Å²) in [5, 5.41) is 0.873. The predicted molar refractivity (Wildman–Crippen MR) is 72.1 cm³/mol. The molecule has 92 valence electrons. The van der Waals surface area contributed by atoms with Crippen molar-refractivity contribution in [1.29, 1.82) is 0 Å². The van der Waals surface area contributed by atoms with Gasteiger partial charge in [-0.15, -0.1) is 6.58 Å². The number of hydrogen-bond donors (Lipinski definition) is 0. The maximum atomic E-state index is 11.3. The molecule has 0 saturated heterocycles. The van der Waals surface area contributed by atoms with E-state index in [0.717, 1.165) is 10.9 Å². The Morgan fingerprint density at radius 2 is 1.94 bits per heavy atom. The quantitative estimate of drug-likeness (QED) is 0.597. The van der Waals surface area contributed by atoms with E-state index in [1.54, 1.807) is 18.2 Å². The molecule has 0 amide bonds. The second-order valence-corrected chi connectivity index (χ2v) is 3.81. The van der Waals surface area contributed by atoms with Gasteiger partial charge < -0.3 is 9.15 Å². The number of benzene rings is 1. The molecule has 0 fully saturated rings. The largest absolute Gasteiger partial charge is 0.489 e. The topological polar surface area (TPSA) is 39.4 Å². The summed E-state index contributed by atoms with van der Waals surface area (Å²) in [4.78, 5) is 11.3. The van der Waals surface area contributed by atoms with E-state index in [4.69, 9.17) is 9.15 Å². The van der Waals surface area contributed by atoms with E-state index in [1.165, 1.54) is 6.07 Å². The van der Waals surface area contributed by atoms with Crippen LogP contribution in [-0.2, 0) is 6.42 Å². The van der Waals surface area contributed by atoms with Crippen LogP contribution in [0, 0.1) is 0 Å². The highest BCUT2D eigenvalue weighted by atomic mass is 16.5. The average molecular weight is 242 g/mol. The van der Waals surface area contributed by atoms with Crippen molar-refractivity contribution in [2.24, 2.45) is 0 Å². The maximum absolute atomic E-state index is 11.3. The van der Waals surface area contributed by atoms with E-state index in [0.29, 0.717) is 24.4 Å². The van der Waals surface area contributed by atoms with Gasteiger partial charge in [0.15, 0.2) is 0 Å². The van der Waals surface area contributed by atoms with Gasteiger partial charge >= 0.3 is 5.63 Å². The Kier molecular flexibility index (Phi) is 3.63. The molecule has 0 aliphatic heterocycles. The second kappa shape index (κ2) is 5.36. The first-order valence-electron chi connectivity index (χ1n) is 5.66. The van der Waals surface area contributed by atoms with E-state index >= 15 is 0 Å². The van der Waals surface area contributed by atoms with Crippen LogP contribution in [0.3, 0.4) is 0 Å². The van der Waals surface area contributed by atoms with Crippen molar-refractivity contribution < 1.29 is 9.15 Å². The Balaban J connectivity index is 2.63. The number of rotatable bonds is 5. The maximum Gasteiger partial charge on any atom is 0.336 e. The van der Waals surface area contributed by atoms with Crippen molar-refractivity contribution in [1.82, 2.24) is 0 Å². The third kappa shape index (κ3) is 2.35. The summed E-state index contributed by atoms with van der Waals surface area (Å²) in [5.41, 5.74) is 1.03. The van der Waals surface area contributed by atoms with Crippen LogP contribution in [0.25, 0.3) is 11.0 Å². The van der Waals surface area contributed by atoms with Gasteiger partial charge in [-0.05, 0) is 24.6 Å². The molecular formula is C15H14O3. The molecular weight excluding hydrogens is 228 g/mol. The summed E-state index contributed by atoms with van der Waals surface area (Å²) >= 11 is 0. The minimum Gasteiger partial charge on any atom is -0.489 e. The fourth-order valence-electron chi connectivity index (χ4n) is 1.79. The monoisotopic (exact) mass is 242 g/mol. The zero-order chi connectivity index (χ0) is 13.0. The highest BCUT2D eigenvalue weighted by molar-refractivity contribution is 5.82. The van der Waals surface area contributed by atoms with E-state index in [9.17, 15) is 4.79 Å². The molecule has 18 heavy (non-hydrogen) atoms. The number of ether oxygens (including phenoxy) is 1. The van der Waals surface area contributed by atoms with Gasteiger partial charge in [-0.1, -0.05) is 18.7 Å². The van der Waals surface area contributed by atoms with Crippen LogP contribution in [0.5, 0.6) is 5.75 Å². The van der Waals surface area contributed by atoms with Crippen LogP contribution in [0.1, 0.15) is 5.56 Å². The lowest BCUT2D eigenvalue weighted by Crippen LogP contribution is -2.01. The smallest absolute Gasteiger partial charge is 0.336 e. The summed E-state index contributed by atoms with van der Waals surface area (Å²) < 4.78 is 10.8. The van der Waals surface area contributed by atoms with E-state index in [2.05, 4.69) is 13.2 Å². The lowest BCUT2D eigenvalue weighted by molar-refractivity contribution is 0.359.